The lowest BCUT2D eigenvalue weighted by atomic mass is 10.1. The molecule has 194 valence electrons. The lowest BCUT2D eigenvalue weighted by molar-refractivity contribution is -0.124. The van der Waals surface area contributed by atoms with E-state index in [-0.39, 0.29) is 24.5 Å². The van der Waals surface area contributed by atoms with Crippen molar-refractivity contribution in [3.05, 3.63) is 83.6 Å². The van der Waals surface area contributed by atoms with Gasteiger partial charge in [0.1, 0.15) is 23.2 Å². The van der Waals surface area contributed by atoms with Gasteiger partial charge in [0.2, 0.25) is 0 Å². The Balaban J connectivity index is 1.64. The monoisotopic (exact) mass is 507 g/mol. The van der Waals surface area contributed by atoms with Crippen LogP contribution >= 0.6 is 0 Å². The molecule has 0 saturated carbocycles. The lowest BCUT2D eigenvalue weighted by Crippen LogP contribution is -2.49. The number of furan rings is 1. The number of hydrazone groups is 1. The predicted octanol–water partition coefficient (Wildman–Crippen LogP) is 4.21. The maximum Gasteiger partial charge on any atom is 0.408 e. The van der Waals surface area contributed by atoms with Gasteiger partial charge in [0.25, 0.3) is 5.91 Å². The number of ether oxygens (including phenoxy) is 2. The van der Waals surface area contributed by atoms with Crippen molar-refractivity contribution in [1.82, 2.24) is 10.7 Å². The first kappa shape index (κ1) is 27.2. The lowest BCUT2D eigenvalue weighted by Gasteiger charge is -2.22. The van der Waals surface area contributed by atoms with E-state index in [4.69, 9.17) is 13.9 Å². The average Bonchev–Trinajstić information content (AvgIpc) is 3.31. The number of amides is 2. The molecule has 3 N–H and O–H groups in total. The summed E-state index contributed by atoms with van der Waals surface area (Å²) in [5.74, 6) is -1.08. The molecule has 10 nitrogen and oxygen atoms in total. The van der Waals surface area contributed by atoms with E-state index >= 15 is 0 Å². The molecule has 37 heavy (non-hydrogen) atoms. The Morgan fingerprint density at radius 1 is 1.03 bits per heavy atom. The van der Waals surface area contributed by atoms with Crippen LogP contribution in [0.1, 0.15) is 42.5 Å². The molecule has 0 aliphatic carbocycles. The van der Waals surface area contributed by atoms with Crippen LogP contribution in [0.15, 0.2) is 76.2 Å². The van der Waals surface area contributed by atoms with Crippen LogP contribution in [-0.4, -0.2) is 47.5 Å². The molecule has 0 aliphatic heterocycles. The first-order valence-corrected chi connectivity index (χ1v) is 11.5. The van der Waals surface area contributed by atoms with Gasteiger partial charge in [0, 0.05) is 5.56 Å². The molecule has 3 rings (SSSR count). The molecule has 0 bridgehead atoms. The summed E-state index contributed by atoms with van der Waals surface area (Å²) in [7, 11) is 0. The normalized spacial score (nSPS) is 12.2. The number of carbonyl (C=O) groups excluding carboxylic acids is 2. The fourth-order valence-electron chi connectivity index (χ4n) is 3.19. The average molecular weight is 508 g/mol. The van der Waals surface area contributed by atoms with Crippen LogP contribution in [0.5, 0.6) is 0 Å². The second kappa shape index (κ2) is 12.5. The summed E-state index contributed by atoms with van der Waals surface area (Å²) >= 11 is 0. The number of nitrogens with one attached hydrogen (secondary N) is 2. The van der Waals surface area contributed by atoms with Gasteiger partial charge in [-0.3, -0.25) is 4.79 Å². The summed E-state index contributed by atoms with van der Waals surface area (Å²) in [6, 6.07) is 17.9. The van der Waals surface area contributed by atoms with E-state index in [1.165, 1.54) is 12.3 Å². The quantitative estimate of drug-likeness (QED) is 0.276. The Bertz CT molecular complexity index is 1250. The van der Waals surface area contributed by atoms with E-state index in [0.29, 0.717) is 11.3 Å². The summed E-state index contributed by atoms with van der Waals surface area (Å²) in [4.78, 5) is 36.5. The Labute approximate surface area is 214 Å². The molecule has 0 radical (unpaired) electrons. The summed E-state index contributed by atoms with van der Waals surface area (Å²) in [6.45, 7) is 5.27. The SMILES string of the molecule is CC(C)(C)OC(=O)N[C@@H](COCc1ccccc1)C(=O)N/N=C\c1ccc(-c2ccccc2C(=O)O)o1. The third-order valence-corrected chi connectivity index (χ3v) is 4.82. The zero-order valence-corrected chi connectivity index (χ0v) is 20.8. The molecule has 2 aromatic carbocycles. The number of nitrogens with zero attached hydrogens (tertiary/aromatic N) is 1. The fraction of sp³-hybridized carbons (Fsp3) is 0.259. The highest BCUT2D eigenvalue weighted by atomic mass is 16.6. The number of carboxylic acids is 1. The van der Waals surface area contributed by atoms with Crippen LogP contribution in [0.2, 0.25) is 0 Å². The molecule has 2 amide bonds. The second-order valence-electron chi connectivity index (χ2n) is 8.99. The highest BCUT2D eigenvalue weighted by Gasteiger charge is 2.24. The number of hydrogen-bond donors (Lipinski definition) is 3. The molecule has 0 saturated heterocycles. The topological polar surface area (TPSA) is 139 Å². The van der Waals surface area contributed by atoms with Crippen molar-refractivity contribution >= 4 is 24.2 Å². The number of alkyl carbamates (subject to hydrolysis) is 1. The highest BCUT2D eigenvalue weighted by Crippen LogP contribution is 2.25. The molecule has 0 unspecified atom stereocenters. The van der Waals surface area contributed by atoms with Crippen LogP contribution in [0, 0.1) is 0 Å². The maximum atomic E-state index is 12.8. The molecule has 1 aromatic heterocycles. The Morgan fingerprint density at radius 2 is 1.73 bits per heavy atom. The molecular formula is C27H29N3O7. The van der Waals surface area contributed by atoms with Gasteiger partial charge < -0.3 is 24.3 Å². The molecule has 0 spiro atoms. The van der Waals surface area contributed by atoms with Gasteiger partial charge in [-0.25, -0.2) is 15.0 Å². The van der Waals surface area contributed by atoms with Crippen molar-refractivity contribution in [3.63, 3.8) is 0 Å². The smallest absolute Gasteiger partial charge is 0.408 e. The largest absolute Gasteiger partial charge is 0.478 e. The molecule has 1 heterocycles. The van der Waals surface area contributed by atoms with Crippen molar-refractivity contribution in [2.24, 2.45) is 5.10 Å². The third-order valence-electron chi connectivity index (χ3n) is 4.82. The maximum absolute atomic E-state index is 12.8. The van der Waals surface area contributed by atoms with Crippen molar-refractivity contribution < 1.29 is 33.4 Å². The number of aromatic carboxylic acids is 1. The first-order valence-electron chi connectivity index (χ1n) is 11.5. The van der Waals surface area contributed by atoms with Gasteiger partial charge in [-0.2, -0.15) is 5.10 Å². The van der Waals surface area contributed by atoms with E-state index < -0.39 is 29.6 Å². The summed E-state index contributed by atoms with van der Waals surface area (Å²) < 4.78 is 16.5. The minimum atomic E-state index is -1.08. The molecular weight excluding hydrogens is 478 g/mol. The number of rotatable bonds is 10. The molecule has 1 atom stereocenters. The van der Waals surface area contributed by atoms with Crippen LogP contribution in [-0.2, 0) is 20.9 Å². The Hall–Kier alpha value is -4.44. The summed E-state index contributed by atoms with van der Waals surface area (Å²) in [5, 5.41) is 15.8. The number of benzene rings is 2. The van der Waals surface area contributed by atoms with Crippen LogP contribution in [0.25, 0.3) is 11.3 Å². The number of carbonyl (C=O) groups is 3. The zero-order valence-electron chi connectivity index (χ0n) is 20.8. The minimum Gasteiger partial charge on any atom is -0.478 e. The predicted molar refractivity (Wildman–Crippen MR) is 136 cm³/mol. The van der Waals surface area contributed by atoms with Gasteiger partial charge in [-0.1, -0.05) is 48.5 Å². The van der Waals surface area contributed by atoms with Gasteiger partial charge in [0.05, 0.1) is 25.0 Å². The molecule has 3 aromatic rings. The fourth-order valence-corrected chi connectivity index (χ4v) is 3.19. The minimum absolute atomic E-state index is 0.0974. The standard InChI is InChI=1S/C27H29N3O7/c1-27(2,3)37-26(34)29-22(17-35-16-18-9-5-4-6-10-18)24(31)30-28-15-19-13-14-23(36-19)20-11-7-8-12-21(20)25(32)33/h4-15,22H,16-17H2,1-3H3,(H,29,34)(H,30,31)(H,32,33)/b28-15-/t22-/m0/s1. The third kappa shape index (κ3) is 8.62. The second-order valence-corrected chi connectivity index (χ2v) is 8.99. The summed E-state index contributed by atoms with van der Waals surface area (Å²) in [6.07, 6.45) is 0.493. The van der Waals surface area contributed by atoms with Crippen molar-refractivity contribution in [2.45, 2.75) is 39.0 Å². The Morgan fingerprint density at radius 3 is 2.43 bits per heavy atom. The highest BCUT2D eigenvalue weighted by molar-refractivity contribution is 5.95. The molecule has 10 heteroatoms. The number of carboxylic acid groups (broad SMARTS) is 1. The number of hydrogen-bond acceptors (Lipinski definition) is 7. The Kier molecular flexibility index (Phi) is 9.17. The summed E-state index contributed by atoms with van der Waals surface area (Å²) in [5.41, 5.74) is 3.03. The van der Waals surface area contributed by atoms with Crippen LogP contribution in [0.4, 0.5) is 4.79 Å². The van der Waals surface area contributed by atoms with Crippen molar-refractivity contribution in [3.8, 4) is 11.3 Å². The van der Waals surface area contributed by atoms with E-state index in [9.17, 15) is 19.5 Å². The van der Waals surface area contributed by atoms with Gasteiger partial charge in [0.15, 0.2) is 0 Å². The first-order chi connectivity index (χ1) is 17.6. The van der Waals surface area contributed by atoms with Crippen molar-refractivity contribution in [1.29, 1.82) is 0 Å². The van der Waals surface area contributed by atoms with E-state index in [1.807, 2.05) is 30.3 Å². The van der Waals surface area contributed by atoms with E-state index in [0.717, 1.165) is 5.56 Å². The van der Waals surface area contributed by atoms with Crippen molar-refractivity contribution in [2.75, 3.05) is 6.61 Å². The van der Waals surface area contributed by atoms with Gasteiger partial charge in [-0.05, 0) is 44.5 Å². The van der Waals surface area contributed by atoms with E-state index in [2.05, 4.69) is 15.8 Å². The zero-order chi connectivity index (χ0) is 26.8. The van der Waals surface area contributed by atoms with Crippen LogP contribution in [0.3, 0.4) is 0 Å². The molecule has 0 fully saturated rings. The van der Waals surface area contributed by atoms with Gasteiger partial charge >= 0.3 is 12.1 Å². The van der Waals surface area contributed by atoms with Crippen LogP contribution < -0.4 is 10.7 Å². The van der Waals surface area contributed by atoms with Gasteiger partial charge in [-0.15, -0.1) is 0 Å². The van der Waals surface area contributed by atoms with E-state index in [1.54, 1.807) is 51.1 Å². The molecule has 0 aliphatic rings.